The first-order valence-electron chi connectivity index (χ1n) is 7.48. The molecular formula is C17H17BrN4OS. The molecule has 3 heterocycles. The van der Waals surface area contributed by atoms with Gasteiger partial charge in [-0.05, 0) is 64.3 Å². The van der Waals surface area contributed by atoms with Crippen LogP contribution >= 0.6 is 27.3 Å². The van der Waals surface area contributed by atoms with E-state index in [0.29, 0.717) is 12.1 Å². The molecule has 0 fully saturated rings. The average molecular weight is 405 g/mol. The molecule has 1 amide bonds. The lowest BCUT2D eigenvalue weighted by Gasteiger charge is -2.19. The molecule has 1 N–H and O–H groups in total. The molecule has 3 rings (SSSR count). The van der Waals surface area contributed by atoms with Crippen molar-refractivity contribution in [1.29, 1.82) is 0 Å². The Hall–Kier alpha value is -1.99. The molecule has 0 unspecified atom stereocenters. The second-order valence-electron chi connectivity index (χ2n) is 5.55. The van der Waals surface area contributed by atoms with Crippen LogP contribution in [0.5, 0.6) is 0 Å². The standard InChI is InChI=1S/C17H17BrN4OS/c1-11-5-12(2)22(21-11)16(13-3-4-24-10-13)9-20-17(23)14-6-15(18)8-19-7-14/h3-8,10,16H,9H2,1-2H3,(H,20,23)/t16-/m1/s1. The molecule has 0 saturated heterocycles. The summed E-state index contributed by atoms with van der Waals surface area (Å²) < 4.78 is 2.75. The van der Waals surface area contributed by atoms with Crippen molar-refractivity contribution in [2.75, 3.05) is 6.54 Å². The zero-order chi connectivity index (χ0) is 17.1. The maximum atomic E-state index is 12.4. The number of aromatic nitrogens is 3. The zero-order valence-corrected chi connectivity index (χ0v) is 15.8. The first kappa shape index (κ1) is 16.9. The summed E-state index contributed by atoms with van der Waals surface area (Å²) in [6.45, 7) is 4.46. The van der Waals surface area contributed by atoms with Gasteiger partial charge in [0.05, 0.1) is 17.3 Å². The summed E-state index contributed by atoms with van der Waals surface area (Å²) in [7, 11) is 0. The number of rotatable bonds is 5. The van der Waals surface area contributed by atoms with E-state index in [1.165, 1.54) is 0 Å². The smallest absolute Gasteiger partial charge is 0.252 e. The van der Waals surface area contributed by atoms with Gasteiger partial charge >= 0.3 is 0 Å². The van der Waals surface area contributed by atoms with E-state index in [-0.39, 0.29) is 11.9 Å². The third-order valence-electron chi connectivity index (χ3n) is 3.69. The summed E-state index contributed by atoms with van der Waals surface area (Å²) in [6, 6.07) is 5.83. The van der Waals surface area contributed by atoms with Gasteiger partial charge in [0.1, 0.15) is 0 Å². The number of thiophene rings is 1. The van der Waals surface area contributed by atoms with Crippen molar-refractivity contribution in [3.63, 3.8) is 0 Å². The van der Waals surface area contributed by atoms with E-state index in [4.69, 9.17) is 0 Å². The highest BCUT2D eigenvalue weighted by molar-refractivity contribution is 9.10. The van der Waals surface area contributed by atoms with Crippen LogP contribution < -0.4 is 5.32 Å². The number of halogens is 1. The molecule has 0 aliphatic rings. The monoisotopic (exact) mass is 404 g/mol. The molecule has 24 heavy (non-hydrogen) atoms. The predicted octanol–water partition coefficient (Wildman–Crippen LogP) is 3.74. The largest absolute Gasteiger partial charge is 0.349 e. The number of carbonyl (C=O) groups is 1. The van der Waals surface area contributed by atoms with Crippen molar-refractivity contribution in [2.24, 2.45) is 0 Å². The summed E-state index contributed by atoms with van der Waals surface area (Å²) in [4.78, 5) is 16.4. The SMILES string of the molecule is Cc1cc(C)n([C@H](CNC(=O)c2cncc(Br)c2)c2ccsc2)n1. The molecule has 0 spiro atoms. The fraction of sp³-hybridized carbons (Fsp3) is 0.235. The third kappa shape index (κ3) is 3.73. The Morgan fingerprint density at radius 2 is 2.21 bits per heavy atom. The summed E-state index contributed by atoms with van der Waals surface area (Å²) in [5.74, 6) is -0.148. The van der Waals surface area contributed by atoms with Gasteiger partial charge < -0.3 is 5.32 Å². The van der Waals surface area contributed by atoms with Crippen LogP contribution in [0.15, 0.2) is 45.8 Å². The van der Waals surface area contributed by atoms with E-state index in [0.717, 1.165) is 21.4 Å². The fourth-order valence-corrected chi connectivity index (χ4v) is 3.67. The van der Waals surface area contributed by atoms with Gasteiger partial charge in [-0.3, -0.25) is 14.5 Å². The van der Waals surface area contributed by atoms with Crippen LogP contribution in [0.4, 0.5) is 0 Å². The molecule has 0 radical (unpaired) electrons. The van der Waals surface area contributed by atoms with Crippen LogP contribution in [0.1, 0.15) is 33.4 Å². The molecule has 124 valence electrons. The Labute approximate surface area is 152 Å². The maximum Gasteiger partial charge on any atom is 0.252 e. The van der Waals surface area contributed by atoms with E-state index in [1.54, 1.807) is 29.8 Å². The van der Waals surface area contributed by atoms with Gasteiger partial charge in [0.2, 0.25) is 0 Å². The second-order valence-corrected chi connectivity index (χ2v) is 7.24. The van der Waals surface area contributed by atoms with Crippen LogP contribution in [0.3, 0.4) is 0 Å². The Morgan fingerprint density at radius 1 is 1.38 bits per heavy atom. The number of hydrogen-bond donors (Lipinski definition) is 1. The molecule has 3 aromatic heterocycles. The van der Waals surface area contributed by atoms with Crippen molar-refractivity contribution in [2.45, 2.75) is 19.9 Å². The quantitative estimate of drug-likeness (QED) is 0.704. The normalized spacial score (nSPS) is 12.1. The molecule has 1 atom stereocenters. The van der Waals surface area contributed by atoms with Crippen molar-refractivity contribution in [3.05, 3.63) is 68.3 Å². The third-order valence-corrected chi connectivity index (χ3v) is 4.83. The van der Waals surface area contributed by atoms with Gasteiger partial charge in [0.25, 0.3) is 5.91 Å². The first-order chi connectivity index (χ1) is 11.5. The van der Waals surface area contributed by atoms with Gasteiger partial charge in [-0.1, -0.05) is 0 Å². The van der Waals surface area contributed by atoms with Gasteiger partial charge in [-0.2, -0.15) is 16.4 Å². The molecule has 7 heteroatoms. The van der Waals surface area contributed by atoms with E-state index < -0.39 is 0 Å². The minimum absolute atomic E-state index is 0.0333. The lowest BCUT2D eigenvalue weighted by molar-refractivity contribution is 0.0948. The van der Waals surface area contributed by atoms with Crippen LogP contribution in [0.25, 0.3) is 0 Å². The van der Waals surface area contributed by atoms with Crippen LogP contribution in [-0.4, -0.2) is 27.2 Å². The lowest BCUT2D eigenvalue weighted by Crippen LogP contribution is -2.32. The van der Waals surface area contributed by atoms with E-state index in [1.807, 2.05) is 30.0 Å². The summed E-state index contributed by atoms with van der Waals surface area (Å²) in [5.41, 5.74) is 3.71. The van der Waals surface area contributed by atoms with Crippen LogP contribution in [-0.2, 0) is 0 Å². The summed E-state index contributed by atoms with van der Waals surface area (Å²) >= 11 is 4.97. The molecular weight excluding hydrogens is 388 g/mol. The fourth-order valence-electron chi connectivity index (χ4n) is 2.60. The molecule has 5 nitrogen and oxygen atoms in total. The maximum absolute atomic E-state index is 12.4. The van der Waals surface area contributed by atoms with Crippen molar-refractivity contribution in [3.8, 4) is 0 Å². The highest BCUT2D eigenvalue weighted by atomic mass is 79.9. The Kier molecular flexibility index (Phi) is 5.11. The number of hydrogen-bond acceptors (Lipinski definition) is 4. The molecule has 0 saturated carbocycles. The van der Waals surface area contributed by atoms with Crippen molar-refractivity contribution < 1.29 is 4.79 Å². The number of pyridine rings is 1. The lowest BCUT2D eigenvalue weighted by atomic mass is 10.1. The minimum atomic E-state index is -0.148. The first-order valence-corrected chi connectivity index (χ1v) is 9.22. The highest BCUT2D eigenvalue weighted by Gasteiger charge is 2.19. The Balaban J connectivity index is 1.80. The number of carbonyl (C=O) groups excluding carboxylic acids is 1. The van der Waals surface area contributed by atoms with Gasteiger partial charge in [-0.25, -0.2) is 0 Å². The average Bonchev–Trinajstić information content (AvgIpc) is 3.18. The molecule has 0 aliphatic carbocycles. The number of amides is 1. The Bertz CT molecular complexity index is 844. The topological polar surface area (TPSA) is 59.8 Å². The summed E-state index contributed by atoms with van der Waals surface area (Å²) in [5, 5.41) is 11.7. The molecule has 0 aromatic carbocycles. The highest BCUT2D eigenvalue weighted by Crippen LogP contribution is 2.22. The second kappa shape index (κ2) is 7.27. The number of nitrogens with one attached hydrogen (secondary N) is 1. The van der Waals surface area contributed by atoms with Crippen LogP contribution in [0.2, 0.25) is 0 Å². The molecule has 0 bridgehead atoms. The molecule has 3 aromatic rings. The van der Waals surface area contributed by atoms with Crippen molar-refractivity contribution in [1.82, 2.24) is 20.1 Å². The molecule has 0 aliphatic heterocycles. The van der Waals surface area contributed by atoms with Gasteiger partial charge in [-0.15, -0.1) is 0 Å². The zero-order valence-electron chi connectivity index (χ0n) is 13.4. The minimum Gasteiger partial charge on any atom is -0.349 e. The van der Waals surface area contributed by atoms with Crippen LogP contribution in [0, 0.1) is 13.8 Å². The van der Waals surface area contributed by atoms with Gasteiger partial charge in [0.15, 0.2) is 0 Å². The predicted molar refractivity (Wildman–Crippen MR) is 98.4 cm³/mol. The number of aryl methyl sites for hydroxylation is 2. The van der Waals surface area contributed by atoms with E-state index in [2.05, 4.69) is 42.8 Å². The van der Waals surface area contributed by atoms with Crippen molar-refractivity contribution >= 4 is 33.2 Å². The van der Waals surface area contributed by atoms with Gasteiger partial charge in [0, 0.05) is 29.1 Å². The Morgan fingerprint density at radius 3 is 2.83 bits per heavy atom. The summed E-state index contributed by atoms with van der Waals surface area (Å²) in [6.07, 6.45) is 3.21. The van der Waals surface area contributed by atoms with E-state index >= 15 is 0 Å². The van der Waals surface area contributed by atoms with E-state index in [9.17, 15) is 4.79 Å². The number of nitrogens with zero attached hydrogens (tertiary/aromatic N) is 3.